The molecule has 0 aliphatic carbocycles. The van der Waals surface area contributed by atoms with E-state index in [9.17, 15) is 5.11 Å². The van der Waals surface area contributed by atoms with Gasteiger partial charge in [0, 0.05) is 16.9 Å². The van der Waals surface area contributed by atoms with Crippen molar-refractivity contribution >= 4 is 15.9 Å². The van der Waals surface area contributed by atoms with Gasteiger partial charge in [0.15, 0.2) is 0 Å². The molecule has 108 valence electrons. The molecule has 1 aromatic carbocycles. The summed E-state index contributed by atoms with van der Waals surface area (Å²) < 4.78 is 6.23. The molecule has 0 amide bonds. The van der Waals surface area contributed by atoms with E-state index in [-0.39, 0.29) is 0 Å². The fourth-order valence-electron chi connectivity index (χ4n) is 1.94. The molecule has 0 spiro atoms. The Labute approximate surface area is 124 Å². The number of hydrogen-bond acceptors (Lipinski definition) is 3. The lowest BCUT2D eigenvalue weighted by molar-refractivity contribution is 0.0509. The van der Waals surface area contributed by atoms with Gasteiger partial charge < -0.3 is 15.2 Å². The normalized spacial score (nSPS) is 14.5. The molecular formula is C15H24BrNO2. The highest BCUT2D eigenvalue weighted by Gasteiger charge is 2.22. The molecule has 1 unspecified atom stereocenters. The zero-order valence-electron chi connectivity index (χ0n) is 12.2. The van der Waals surface area contributed by atoms with E-state index < -0.39 is 5.60 Å². The topological polar surface area (TPSA) is 41.5 Å². The van der Waals surface area contributed by atoms with Crippen LogP contribution < -0.4 is 10.1 Å². The average Bonchev–Trinajstić information content (AvgIpc) is 2.31. The van der Waals surface area contributed by atoms with Crippen molar-refractivity contribution in [1.82, 2.24) is 5.32 Å². The first-order valence-corrected chi connectivity index (χ1v) is 7.41. The van der Waals surface area contributed by atoms with Crippen molar-refractivity contribution in [1.29, 1.82) is 0 Å². The first-order valence-electron chi connectivity index (χ1n) is 6.62. The first kappa shape index (κ1) is 16.5. The van der Waals surface area contributed by atoms with Gasteiger partial charge in [-0.1, -0.05) is 29.8 Å². The second-order valence-electron chi connectivity index (χ2n) is 5.49. The molecule has 1 rings (SSSR count). The maximum atomic E-state index is 10.5. The van der Waals surface area contributed by atoms with Crippen LogP contribution in [0.5, 0.6) is 5.75 Å². The average molecular weight is 330 g/mol. The Hall–Kier alpha value is -0.580. The number of hydrogen-bond donors (Lipinski definition) is 2. The first-order chi connectivity index (χ1) is 8.84. The molecule has 4 heteroatoms. The van der Waals surface area contributed by atoms with Crippen molar-refractivity contribution in [2.45, 2.75) is 45.3 Å². The fourth-order valence-corrected chi connectivity index (χ4v) is 2.33. The molecule has 0 heterocycles. The minimum Gasteiger partial charge on any atom is -0.497 e. The second-order valence-corrected chi connectivity index (χ2v) is 6.34. The fraction of sp³-hybridized carbons (Fsp3) is 0.600. The number of benzene rings is 1. The zero-order valence-corrected chi connectivity index (χ0v) is 13.8. The molecule has 1 atom stereocenters. The van der Waals surface area contributed by atoms with Crippen LogP contribution in [0.4, 0.5) is 0 Å². The van der Waals surface area contributed by atoms with E-state index in [1.54, 1.807) is 7.11 Å². The number of nitrogens with one attached hydrogen (secondary N) is 1. The van der Waals surface area contributed by atoms with Crippen molar-refractivity contribution in [3.05, 3.63) is 28.2 Å². The summed E-state index contributed by atoms with van der Waals surface area (Å²) in [6.45, 7) is 6.90. The quantitative estimate of drug-likeness (QED) is 0.807. The summed E-state index contributed by atoms with van der Waals surface area (Å²) in [7, 11) is 1.65. The molecule has 0 aromatic heterocycles. The van der Waals surface area contributed by atoms with E-state index in [0.29, 0.717) is 12.5 Å². The lowest BCUT2D eigenvalue weighted by Crippen LogP contribution is -2.34. The van der Waals surface area contributed by atoms with E-state index in [1.807, 2.05) is 25.1 Å². The van der Waals surface area contributed by atoms with Crippen LogP contribution in [0.25, 0.3) is 0 Å². The summed E-state index contributed by atoms with van der Waals surface area (Å²) in [5.74, 6) is 0.814. The molecule has 0 fully saturated rings. The number of halogens is 1. The maximum absolute atomic E-state index is 10.5. The lowest BCUT2D eigenvalue weighted by Gasteiger charge is -2.25. The van der Waals surface area contributed by atoms with Crippen LogP contribution >= 0.6 is 15.9 Å². The third kappa shape index (κ3) is 5.93. The molecular weight excluding hydrogens is 306 g/mol. The summed E-state index contributed by atoms with van der Waals surface area (Å²) in [5, 5.41) is 13.8. The maximum Gasteiger partial charge on any atom is 0.119 e. The van der Waals surface area contributed by atoms with Gasteiger partial charge in [0.05, 0.1) is 12.7 Å². The van der Waals surface area contributed by atoms with Crippen LogP contribution in [-0.2, 0) is 6.42 Å². The van der Waals surface area contributed by atoms with Crippen LogP contribution in [0.2, 0.25) is 0 Å². The Bertz CT molecular complexity index is 405. The Morgan fingerprint density at radius 3 is 2.68 bits per heavy atom. The van der Waals surface area contributed by atoms with Gasteiger partial charge in [0.25, 0.3) is 0 Å². The predicted octanol–water partition coefficient (Wildman–Crippen LogP) is 3.14. The molecule has 19 heavy (non-hydrogen) atoms. The van der Waals surface area contributed by atoms with Gasteiger partial charge in [0.1, 0.15) is 5.75 Å². The van der Waals surface area contributed by atoms with Gasteiger partial charge in [-0.05, 0) is 43.7 Å². The van der Waals surface area contributed by atoms with E-state index in [2.05, 4.69) is 35.1 Å². The molecule has 0 aliphatic rings. The Kier molecular flexibility index (Phi) is 6.30. The third-order valence-electron chi connectivity index (χ3n) is 3.04. The molecule has 0 radical (unpaired) electrons. The minimum absolute atomic E-state index is 0.444. The summed E-state index contributed by atoms with van der Waals surface area (Å²) in [6.07, 6.45) is 1.32. The van der Waals surface area contributed by atoms with E-state index in [4.69, 9.17) is 4.74 Å². The Balaban J connectivity index is 2.66. The van der Waals surface area contributed by atoms with Crippen LogP contribution in [0.1, 0.15) is 32.8 Å². The second kappa shape index (κ2) is 7.27. The molecule has 2 N–H and O–H groups in total. The summed E-state index contributed by atoms with van der Waals surface area (Å²) >= 11 is 3.52. The van der Waals surface area contributed by atoms with Crippen molar-refractivity contribution in [3.8, 4) is 5.75 Å². The standard InChI is InChI=1S/C15H24BrNO2/c1-11(2)17-8-7-15(3,18)10-12-9-13(19-4)5-6-14(12)16/h5-6,9,11,17-18H,7-8,10H2,1-4H3. The van der Waals surface area contributed by atoms with E-state index >= 15 is 0 Å². The van der Waals surface area contributed by atoms with Crippen LogP contribution in [0.15, 0.2) is 22.7 Å². The van der Waals surface area contributed by atoms with Gasteiger partial charge in [-0.2, -0.15) is 0 Å². The highest BCUT2D eigenvalue weighted by Crippen LogP contribution is 2.27. The number of ether oxygens (including phenoxy) is 1. The number of aliphatic hydroxyl groups is 1. The van der Waals surface area contributed by atoms with Crippen molar-refractivity contribution in [2.75, 3.05) is 13.7 Å². The smallest absolute Gasteiger partial charge is 0.119 e. The highest BCUT2D eigenvalue weighted by molar-refractivity contribution is 9.10. The molecule has 0 saturated carbocycles. The van der Waals surface area contributed by atoms with E-state index in [1.165, 1.54) is 0 Å². The summed E-state index contributed by atoms with van der Waals surface area (Å²) in [5.41, 5.74) is 0.338. The van der Waals surface area contributed by atoms with Gasteiger partial charge in [0.2, 0.25) is 0 Å². The van der Waals surface area contributed by atoms with Gasteiger partial charge >= 0.3 is 0 Å². The third-order valence-corrected chi connectivity index (χ3v) is 3.81. The van der Waals surface area contributed by atoms with Crippen LogP contribution in [0, 0.1) is 0 Å². The number of rotatable bonds is 7. The van der Waals surface area contributed by atoms with Crippen LogP contribution in [0.3, 0.4) is 0 Å². The van der Waals surface area contributed by atoms with Crippen molar-refractivity contribution < 1.29 is 9.84 Å². The monoisotopic (exact) mass is 329 g/mol. The highest BCUT2D eigenvalue weighted by atomic mass is 79.9. The Morgan fingerprint density at radius 2 is 2.11 bits per heavy atom. The minimum atomic E-state index is -0.725. The van der Waals surface area contributed by atoms with Gasteiger partial charge in [-0.25, -0.2) is 0 Å². The van der Waals surface area contributed by atoms with E-state index in [0.717, 1.165) is 28.8 Å². The van der Waals surface area contributed by atoms with Gasteiger partial charge in [-0.3, -0.25) is 0 Å². The van der Waals surface area contributed by atoms with Gasteiger partial charge in [-0.15, -0.1) is 0 Å². The molecule has 1 aromatic rings. The largest absolute Gasteiger partial charge is 0.497 e. The molecule has 0 bridgehead atoms. The number of methoxy groups -OCH3 is 1. The molecule has 0 aliphatic heterocycles. The summed E-state index contributed by atoms with van der Waals surface area (Å²) in [4.78, 5) is 0. The predicted molar refractivity (Wildman–Crippen MR) is 82.8 cm³/mol. The molecule has 3 nitrogen and oxygen atoms in total. The lowest BCUT2D eigenvalue weighted by atomic mass is 9.93. The van der Waals surface area contributed by atoms with Crippen molar-refractivity contribution in [3.63, 3.8) is 0 Å². The SMILES string of the molecule is COc1ccc(Br)c(CC(C)(O)CCNC(C)C)c1. The molecule has 0 saturated heterocycles. The van der Waals surface area contributed by atoms with Crippen molar-refractivity contribution in [2.24, 2.45) is 0 Å². The van der Waals surface area contributed by atoms with Crippen LogP contribution in [-0.4, -0.2) is 30.4 Å². The summed E-state index contributed by atoms with van der Waals surface area (Å²) in [6, 6.07) is 6.27. The Morgan fingerprint density at radius 1 is 1.42 bits per heavy atom. The zero-order chi connectivity index (χ0) is 14.5.